The van der Waals surface area contributed by atoms with Gasteiger partial charge in [-0.3, -0.25) is 24.7 Å². The minimum absolute atomic E-state index is 0.0565. The number of amides is 1. The van der Waals surface area contributed by atoms with Gasteiger partial charge in [-0.15, -0.1) is 11.3 Å². The Morgan fingerprint density at radius 2 is 1.79 bits per heavy atom. The molecule has 1 aliphatic carbocycles. The molecule has 1 saturated carbocycles. The van der Waals surface area contributed by atoms with Crippen molar-refractivity contribution >= 4 is 50.5 Å². The summed E-state index contributed by atoms with van der Waals surface area (Å²) in [6.07, 6.45) is 9.02. The maximum Gasteiger partial charge on any atom is 0.227 e. The molecule has 0 saturated heterocycles. The number of H-pyrrole nitrogens is 2. The first-order valence-corrected chi connectivity index (χ1v) is 13.2. The zero-order valence-electron chi connectivity index (χ0n) is 20.4. The molecule has 6 aromatic rings. The van der Waals surface area contributed by atoms with Gasteiger partial charge in [0.05, 0.1) is 39.7 Å². The quantitative estimate of drug-likeness (QED) is 0.219. The van der Waals surface area contributed by atoms with Crippen molar-refractivity contribution in [2.24, 2.45) is 5.92 Å². The summed E-state index contributed by atoms with van der Waals surface area (Å²) >= 11 is 1.47. The molecule has 0 spiro atoms. The number of anilines is 1. The lowest BCUT2D eigenvalue weighted by atomic mass is 10.0. The van der Waals surface area contributed by atoms with Crippen LogP contribution in [-0.4, -0.2) is 36.8 Å². The standard InChI is InChI=1S/C29H22N6O2S/c1-15(36)26-6-7-27(38-26)22-13-31-14-25-20(22)10-24(33-25)28-21-9-17(4-5-23(21)34-35-28)18-8-19(12-30-11-18)32-29(37)16-2-3-16/h4-14,16,33H,2-3H2,1H3,(H,32,37)(H,34,35). The molecular formula is C29H22N6O2S. The summed E-state index contributed by atoms with van der Waals surface area (Å²) in [4.78, 5) is 38.0. The molecule has 5 aromatic heterocycles. The summed E-state index contributed by atoms with van der Waals surface area (Å²) in [6.45, 7) is 1.58. The molecule has 5 heterocycles. The van der Waals surface area contributed by atoms with Crippen LogP contribution < -0.4 is 5.32 Å². The van der Waals surface area contributed by atoms with Gasteiger partial charge < -0.3 is 10.3 Å². The van der Waals surface area contributed by atoms with Gasteiger partial charge in [0.15, 0.2) is 5.78 Å². The minimum Gasteiger partial charge on any atom is -0.352 e. The zero-order chi connectivity index (χ0) is 25.8. The highest BCUT2D eigenvalue weighted by atomic mass is 32.1. The first-order chi connectivity index (χ1) is 18.5. The lowest BCUT2D eigenvalue weighted by Crippen LogP contribution is -2.13. The lowest BCUT2D eigenvalue weighted by molar-refractivity contribution is -0.117. The highest BCUT2D eigenvalue weighted by Gasteiger charge is 2.29. The van der Waals surface area contributed by atoms with Crippen LogP contribution in [0.5, 0.6) is 0 Å². The van der Waals surface area contributed by atoms with Crippen LogP contribution in [0.3, 0.4) is 0 Å². The van der Waals surface area contributed by atoms with Crippen LogP contribution in [0.25, 0.3) is 54.8 Å². The molecule has 8 nitrogen and oxygen atoms in total. The number of pyridine rings is 2. The fourth-order valence-electron chi connectivity index (χ4n) is 4.70. The molecular weight excluding hydrogens is 496 g/mol. The van der Waals surface area contributed by atoms with Crippen molar-refractivity contribution in [3.63, 3.8) is 0 Å². The van der Waals surface area contributed by atoms with Crippen molar-refractivity contribution in [3.05, 3.63) is 72.1 Å². The second-order valence-electron chi connectivity index (χ2n) is 9.61. The van der Waals surface area contributed by atoms with Crippen LogP contribution in [0.2, 0.25) is 0 Å². The van der Waals surface area contributed by atoms with Crippen molar-refractivity contribution in [2.75, 3.05) is 5.32 Å². The highest BCUT2D eigenvalue weighted by Crippen LogP contribution is 2.37. The zero-order valence-corrected chi connectivity index (χ0v) is 21.2. The molecule has 0 unspecified atom stereocenters. The Kier molecular flexibility index (Phi) is 5.19. The third-order valence-corrected chi connectivity index (χ3v) is 8.09. The molecule has 0 bridgehead atoms. The number of rotatable bonds is 6. The topological polar surface area (TPSA) is 116 Å². The van der Waals surface area contributed by atoms with Crippen molar-refractivity contribution in [3.8, 4) is 33.0 Å². The number of benzene rings is 1. The van der Waals surface area contributed by atoms with Gasteiger partial charge in [-0.1, -0.05) is 6.07 Å². The Bertz CT molecular complexity index is 1880. The monoisotopic (exact) mass is 518 g/mol. The number of carbonyl (C=O) groups excluding carboxylic acids is 2. The molecule has 0 radical (unpaired) electrons. The Morgan fingerprint density at radius 1 is 0.921 bits per heavy atom. The Hall–Kier alpha value is -4.63. The first kappa shape index (κ1) is 22.6. The Balaban J connectivity index is 1.27. The van der Waals surface area contributed by atoms with E-state index in [1.165, 1.54) is 11.3 Å². The number of carbonyl (C=O) groups is 2. The van der Waals surface area contributed by atoms with E-state index in [1.54, 1.807) is 25.5 Å². The lowest BCUT2D eigenvalue weighted by Gasteiger charge is -2.07. The molecule has 38 heavy (non-hydrogen) atoms. The summed E-state index contributed by atoms with van der Waals surface area (Å²) in [5.41, 5.74) is 7.03. The SMILES string of the molecule is CC(=O)c1ccc(-c2cncc3[nH]c(-c4n[nH]c5ccc(-c6cncc(NC(=O)C7CC7)c6)cc45)cc23)s1. The summed E-state index contributed by atoms with van der Waals surface area (Å²) < 4.78 is 0. The molecule has 1 aliphatic rings. The van der Waals surface area contributed by atoms with Crippen LogP contribution in [0.4, 0.5) is 5.69 Å². The van der Waals surface area contributed by atoms with Crippen LogP contribution in [0.1, 0.15) is 29.4 Å². The van der Waals surface area contributed by atoms with Gasteiger partial charge in [0.2, 0.25) is 5.91 Å². The summed E-state index contributed by atoms with van der Waals surface area (Å²) in [5.74, 6) is 0.247. The Labute approximate surface area is 221 Å². The first-order valence-electron chi connectivity index (χ1n) is 12.4. The predicted octanol–water partition coefficient (Wildman–Crippen LogP) is 6.45. The van der Waals surface area contributed by atoms with Crippen LogP contribution in [0.15, 0.2) is 67.3 Å². The predicted molar refractivity (Wildman–Crippen MR) is 149 cm³/mol. The van der Waals surface area contributed by atoms with Crippen LogP contribution in [-0.2, 0) is 4.79 Å². The number of aromatic amines is 2. The maximum atomic E-state index is 12.2. The van der Waals surface area contributed by atoms with Gasteiger partial charge >= 0.3 is 0 Å². The van der Waals surface area contributed by atoms with E-state index >= 15 is 0 Å². The van der Waals surface area contributed by atoms with Crippen LogP contribution in [0, 0.1) is 5.92 Å². The van der Waals surface area contributed by atoms with E-state index in [0.717, 1.165) is 72.5 Å². The van der Waals surface area contributed by atoms with E-state index in [4.69, 9.17) is 0 Å². The summed E-state index contributed by atoms with van der Waals surface area (Å²) in [6, 6.07) is 14.0. The minimum atomic E-state index is 0.0565. The van der Waals surface area contributed by atoms with Gasteiger partial charge in [0.1, 0.15) is 5.69 Å². The Morgan fingerprint density at radius 3 is 2.61 bits per heavy atom. The van der Waals surface area contributed by atoms with Gasteiger partial charge in [0, 0.05) is 45.1 Å². The van der Waals surface area contributed by atoms with Gasteiger partial charge in [0.25, 0.3) is 0 Å². The number of hydrogen-bond donors (Lipinski definition) is 3. The van der Waals surface area contributed by atoms with Crippen molar-refractivity contribution < 1.29 is 9.59 Å². The molecule has 9 heteroatoms. The van der Waals surface area contributed by atoms with E-state index in [0.29, 0.717) is 5.69 Å². The maximum absolute atomic E-state index is 12.2. The largest absolute Gasteiger partial charge is 0.352 e. The summed E-state index contributed by atoms with van der Waals surface area (Å²) in [5, 5.41) is 12.7. The molecule has 3 N–H and O–H groups in total. The third kappa shape index (κ3) is 3.97. The molecule has 1 amide bonds. The van der Waals surface area contributed by atoms with E-state index in [9.17, 15) is 9.59 Å². The van der Waals surface area contributed by atoms with E-state index in [2.05, 4.69) is 42.6 Å². The van der Waals surface area contributed by atoms with Crippen molar-refractivity contribution in [1.82, 2.24) is 25.1 Å². The normalized spacial score (nSPS) is 13.3. The number of hydrogen-bond acceptors (Lipinski definition) is 6. The highest BCUT2D eigenvalue weighted by molar-refractivity contribution is 7.17. The van der Waals surface area contributed by atoms with E-state index in [1.807, 2.05) is 36.5 Å². The smallest absolute Gasteiger partial charge is 0.227 e. The average Bonchev–Trinajstić information content (AvgIpc) is 3.32. The van der Waals surface area contributed by atoms with Crippen LogP contribution >= 0.6 is 11.3 Å². The van der Waals surface area contributed by atoms with E-state index < -0.39 is 0 Å². The second kappa shape index (κ2) is 8.74. The molecule has 186 valence electrons. The third-order valence-electron chi connectivity index (χ3n) is 6.87. The van der Waals surface area contributed by atoms with Gasteiger partial charge in [-0.25, -0.2) is 0 Å². The number of ketones is 1. The van der Waals surface area contributed by atoms with Crippen molar-refractivity contribution in [2.45, 2.75) is 19.8 Å². The number of nitrogens with one attached hydrogen (secondary N) is 3. The number of thiophene rings is 1. The second-order valence-corrected chi connectivity index (χ2v) is 10.7. The summed E-state index contributed by atoms with van der Waals surface area (Å²) in [7, 11) is 0. The fraction of sp³-hybridized carbons (Fsp3) is 0.138. The molecule has 7 rings (SSSR count). The molecule has 1 aromatic carbocycles. The molecule has 0 aliphatic heterocycles. The molecule has 0 atom stereocenters. The van der Waals surface area contributed by atoms with Gasteiger partial charge in [-0.2, -0.15) is 5.10 Å². The number of Topliss-reactive ketones (excluding diaryl/α,β-unsaturated/α-hetero) is 1. The molecule has 1 fully saturated rings. The fourth-order valence-corrected chi connectivity index (χ4v) is 5.63. The van der Waals surface area contributed by atoms with Gasteiger partial charge in [-0.05, 0) is 61.7 Å². The number of nitrogens with zero attached hydrogens (tertiary/aromatic N) is 3. The average molecular weight is 519 g/mol. The van der Waals surface area contributed by atoms with E-state index in [-0.39, 0.29) is 17.6 Å². The number of aromatic nitrogens is 5. The number of fused-ring (bicyclic) bond motifs is 2. The van der Waals surface area contributed by atoms with Crippen molar-refractivity contribution in [1.29, 1.82) is 0 Å².